The minimum absolute atomic E-state index is 0.601. The van der Waals surface area contributed by atoms with Gasteiger partial charge in [-0.1, -0.05) is 34.1 Å². The van der Waals surface area contributed by atoms with Gasteiger partial charge in [-0.2, -0.15) is 0 Å². The Labute approximate surface area is 135 Å². The first-order valence-electron chi connectivity index (χ1n) is 6.28. The maximum atomic E-state index is 5.84. The number of hydrogen-bond acceptors (Lipinski definition) is 4. The number of rotatable bonds is 2. The third-order valence-electron chi connectivity index (χ3n) is 2.94. The van der Waals surface area contributed by atoms with Crippen molar-refractivity contribution in [1.82, 2.24) is 0 Å². The van der Waals surface area contributed by atoms with Crippen molar-refractivity contribution in [3.05, 3.63) is 59.1 Å². The van der Waals surface area contributed by atoms with Crippen LogP contribution in [0.4, 0.5) is 5.69 Å². The summed E-state index contributed by atoms with van der Waals surface area (Å²) < 4.78 is 11.0. The molecule has 106 valence electrons. The highest BCUT2D eigenvalue weighted by Gasteiger charge is 2.18. The normalized spacial score (nSPS) is 15.3. The number of benzene rings is 2. The third-order valence-corrected chi connectivity index (χ3v) is 4.61. The molecule has 0 saturated carbocycles. The van der Waals surface area contributed by atoms with Crippen molar-refractivity contribution in [1.29, 1.82) is 0 Å². The molecule has 0 amide bonds. The van der Waals surface area contributed by atoms with Gasteiger partial charge in [0.25, 0.3) is 5.23 Å². The molecule has 3 nitrogen and oxygen atoms in total. The molecule has 21 heavy (non-hydrogen) atoms. The van der Waals surface area contributed by atoms with Gasteiger partial charge >= 0.3 is 0 Å². The summed E-state index contributed by atoms with van der Waals surface area (Å²) >= 11 is 4.89. The van der Waals surface area contributed by atoms with Crippen molar-refractivity contribution in [2.45, 2.75) is 0 Å². The molecule has 0 saturated heterocycles. The number of halogens is 1. The second kappa shape index (κ2) is 6.37. The average molecular weight is 362 g/mol. The molecule has 0 aliphatic carbocycles. The molecule has 0 atom stereocenters. The van der Waals surface area contributed by atoms with Crippen LogP contribution >= 0.6 is 27.7 Å². The highest BCUT2D eigenvalue weighted by Crippen LogP contribution is 2.41. The zero-order chi connectivity index (χ0) is 14.7. The average Bonchev–Trinajstić information content (AvgIpc) is 2.55. The summed E-state index contributed by atoms with van der Waals surface area (Å²) in [5, 5.41) is 0.601. The lowest BCUT2D eigenvalue weighted by atomic mass is 10.2. The van der Waals surface area contributed by atoms with Crippen molar-refractivity contribution in [3.63, 3.8) is 0 Å². The van der Waals surface area contributed by atoms with Gasteiger partial charge in [-0.15, -0.1) is 0 Å². The number of methoxy groups -OCH3 is 1. The predicted octanol–water partition coefficient (Wildman–Crippen LogP) is 5.20. The zero-order valence-electron chi connectivity index (χ0n) is 11.2. The van der Waals surface area contributed by atoms with Crippen molar-refractivity contribution in [2.24, 2.45) is 4.99 Å². The first kappa shape index (κ1) is 14.2. The summed E-state index contributed by atoms with van der Waals surface area (Å²) in [6.07, 6.45) is 0. The Hall–Kier alpha value is -1.72. The minimum Gasteiger partial charge on any atom is -0.497 e. The summed E-state index contributed by atoms with van der Waals surface area (Å²) in [5.41, 5.74) is 2.01. The summed E-state index contributed by atoms with van der Waals surface area (Å²) in [4.78, 5) is 7.51. The summed E-state index contributed by atoms with van der Waals surface area (Å²) in [5.74, 6) is 1.53. The lowest BCUT2D eigenvalue weighted by Gasteiger charge is -2.17. The van der Waals surface area contributed by atoms with Crippen LogP contribution in [0.1, 0.15) is 5.56 Å². The van der Waals surface area contributed by atoms with Gasteiger partial charge < -0.3 is 9.47 Å². The lowest BCUT2D eigenvalue weighted by molar-refractivity contribution is 0.414. The molecule has 1 aliphatic rings. The lowest BCUT2D eigenvalue weighted by Crippen LogP contribution is -2.07. The van der Waals surface area contributed by atoms with E-state index in [9.17, 15) is 0 Å². The fraction of sp³-hybridized carbons (Fsp3) is 0.0625. The van der Waals surface area contributed by atoms with E-state index < -0.39 is 0 Å². The van der Waals surface area contributed by atoms with E-state index in [1.165, 1.54) is 11.8 Å². The van der Waals surface area contributed by atoms with Crippen LogP contribution in [0.2, 0.25) is 0 Å². The van der Waals surface area contributed by atoms with Crippen molar-refractivity contribution < 1.29 is 9.47 Å². The van der Waals surface area contributed by atoms with Crippen molar-refractivity contribution >= 4 is 43.5 Å². The Bertz CT molecular complexity index is 710. The highest BCUT2D eigenvalue weighted by molar-refractivity contribution is 9.11. The zero-order valence-corrected chi connectivity index (χ0v) is 13.6. The van der Waals surface area contributed by atoms with Gasteiger partial charge in [0.1, 0.15) is 11.5 Å². The van der Waals surface area contributed by atoms with Crippen molar-refractivity contribution in [2.75, 3.05) is 7.11 Å². The molecule has 0 fully saturated rings. The monoisotopic (exact) mass is 361 g/mol. The molecule has 3 rings (SSSR count). The molecule has 0 bridgehead atoms. The first-order valence-corrected chi connectivity index (χ1v) is 8.01. The highest BCUT2D eigenvalue weighted by atomic mass is 79.9. The Balaban J connectivity index is 1.88. The Morgan fingerprint density at radius 2 is 1.76 bits per heavy atom. The molecular weight excluding hydrogens is 350 g/mol. The second-order valence-corrected chi connectivity index (χ2v) is 5.70. The number of nitrogens with zero attached hydrogens (tertiary/aromatic N) is 1. The largest absolute Gasteiger partial charge is 0.497 e. The van der Waals surface area contributed by atoms with Gasteiger partial charge in [0.05, 0.1) is 12.8 Å². The number of ether oxygens (including phenoxy) is 2. The van der Waals surface area contributed by atoms with Gasteiger partial charge in [0.15, 0.2) is 0 Å². The van der Waals surface area contributed by atoms with Crippen LogP contribution in [0.5, 0.6) is 11.5 Å². The fourth-order valence-corrected chi connectivity index (χ4v) is 3.24. The molecule has 0 aromatic heterocycles. The summed E-state index contributed by atoms with van der Waals surface area (Å²) in [7, 11) is 1.64. The van der Waals surface area contributed by atoms with Crippen LogP contribution in [0.15, 0.2) is 58.5 Å². The molecule has 2 aromatic carbocycles. The molecule has 0 N–H and O–H groups in total. The van der Waals surface area contributed by atoms with E-state index in [0.29, 0.717) is 5.23 Å². The summed E-state index contributed by atoms with van der Waals surface area (Å²) in [6.45, 7) is 0. The maximum Gasteiger partial charge on any atom is 0.261 e. The van der Waals surface area contributed by atoms with Gasteiger partial charge in [-0.05, 0) is 47.1 Å². The predicted molar refractivity (Wildman–Crippen MR) is 91.7 cm³/mol. The van der Waals surface area contributed by atoms with E-state index in [4.69, 9.17) is 9.47 Å². The van der Waals surface area contributed by atoms with Crippen LogP contribution in [0.3, 0.4) is 0 Å². The summed E-state index contributed by atoms with van der Waals surface area (Å²) in [6, 6.07) is 15.4. The topological polar surface area (TPSA) is 30.8 Å². The number of hydrogen-bond donors (Lipinski definition) is 0. The molecule has 5 heteroatoms. The second-order valence-electron chi connectivity index (χ2n) is 4.25. The van der Waals surface area contributed by atoms with E-state index in [0.717, 1.165) is 27.7 Å². The van der Waals surface area contributed by atoms with E-state index in [-0.39, 0.29) is 0 Å². The standard InChI is InChI=1S/C16H12BrNO2S/c1-19-11-6-8-12(9-7-11)20-16-18-14-5-3-2-4-13(14)15(10-17)21-16/h2-10H,1H3/b15-10-. The molecule has 0 radical (unpaired) electrons. The quantitative estimate of drug-likeness (QED) is 0.736. The number of aliphatic imine (C=N–C) groups is 1. The number of fused-ring (bicyclic) bond motifs is 1. The van der Waals surface area contributed by atoms with Crippen LogP contribution in [0, 0.1) is 0 Å². The number of para-hydroxylation sites is 1. The van der Waals surface area contributed by atoms with Gasteiger partial charge in [0.2, 0.25) is 0 Å². The Morgan fingerprint density at radius 3 is 2.48 bits per heavy atom. The van der Waals surface area contributed by atoms with Gasteiger partial charge in [-0.25, -0.2) is 4.99 Å². The van der Waals surface area contributed by atoms with E-state index in [1.54, 1.807) is 7.11 Å². The van der Waals surface area contributed by atoms with E-state index in [2.05, 4.69) is 20.9 Å². The molecule has 0 unspecified atom stereocenters. The maximum absolute atomic E-state index is 5.84. The van der Waals surface area contributed by atoms with Gasteiger partial charge in [-0.3, -0.25) is 0 Å². The van der Waals surface area contributed by atoms with E-state index >= 15 is 0 Å². The van der Waals surface area contributed by atoms with Crippen LogP contribution in [-0.2, 0) is 0 Å². The fourth-order valence-electron chi connectivity index (χ4n) is 1.92. The Kier molecular flexibility index (Phi) is 4.31. The Morgan fingerprint density at radius 1 is 1.05 bits per heavy atom. The van der Waals surface area contributed by atoms with Crippen molar-refractivity contribution in [3.8, 4) is 11.5 Å². The van der Waals surface area contributed by atoms with Crippen LogP contribution in [-0.4, -0.2) is 12.3 Å². The van der Waals surface area contributed by atoms with Gasteiger partial charge in [0, 0.05) is 10.5 Å². The number of thioether (sulfide) groups is 1. The van der Waals surface area contributed by atoms with Crippen LogP contribution in [0.25, 0.3) is 4.91 Å². The molecule has 2 aromatic rings. The smallest absolute Gasteiger partial charge is 0.261 e. The van der Waals surface area contributed by atoms with Crippen LogP contribution < -0.4 is 9.47 Å². The molecule has 1 aliphatic heterocycles. The SMILES string of the molecule is COc1ccc(OC2=Nc3ccccc3/C(=C/Br)S2)cc1. The minimum atomic E-state index is 0.601. The van der Waals surface area contributed by atoms with E-state index in [1.807, 2.05) is 53.5 Å². The first-order chi connectivity index (χ1) is 10.3. The third kappa shape index (κ3) is 3.14. The molecule has 1 heterocycles. The molecule has 0 spiro atoms. The molecular formula is C16H12BrNO2S.